The van der Waals surface area contributed by atoms with E-state index in [1.165, 1.54) is 0 Å². The third kappa shape index (κ3) is 3.52. The minimum absolute atomic E-state index is 0.546. The van der Waals surface area contributed by atoms with Gasteiger partial charge in [-0.15, -0.1) is 11.3 Å². The molecule has 1 aromatic carbocycles. The van der Waals surface area contributed by atoms with Crippen LogP contribution in [-0.2, 0) is 6.54 Å². The van der Waals surface area contributed by atoms with E-state index in [0.29, 0.717) is 29.7 Å². The number of hydrogen-bond acceptors (Lipinski definition) is 5. The van der Waals surface area contributed by atoms with Crippen LogP contribution in [0, 0.1) is 0 Å². The average Bonchev–Trinajstić information content (AvgIpc) is 2.90. The molecule has 0 bridgehead atoms. The summed E-state index contributed by atoms with van der Waals surface area (Å²) in [4.78, 5) is 4.16. The molecule has 0 saturated heterocycles. The van der Waals surface area contributed by atoms with E-state index in [0.717, 1.165) is 10.7 Å². The van der Waals surface area contributed by atoms with E-state index in [4.69, 9.17) is 21.1 Å². The van der Waals surface area contributed by atoms with Crippen LogP contribution in [0.25, 0.3) is 0 Å². The smallest absolute Gasteiger partial charge is 0.182 e. The Bertz CT molecular complexity index is 532. The molecular weight excluding hydrogens is 284 g/mol. The molecule has 2 rings (SSSR count). The molecule has 0 saturated carbocycles. The van der Waals surface area contributed by atoms with Crippen LogP contribution >= 0.6 is 22.9 Å². The van der Waals surface area contributed by atoms with Crippen molar-refractivity contribution in [3.63, 3.8) is 0 Å². The van der Waals surface area contributed by atoms with E-state index in [2.05, 4.69) is 10.3 Å². The normalized spacial score (nSPS) is 10.3. The predicted octanol–water partition coefficient (Wildman–Crippen LogP) is 3.82. The number of aromatic nitrogens is 1. The molecule has 1 heterocycles. The Morgan fingerprint density at radius 2 is 2.26 bits per heavy atom. The van der Waals surface area contributed by atoms with Crippen LogP contribution in [0.1, 0.15) is 12.5 Å². The molecule has 0 spiro atoms. The number of hydrogen-bond donors (Lipinski definition) is 1. The molecule has 0 aliphatic heterocycles. The van der Waals surface area contributed by atoms with E-state index in [1.807, 2.05) is 24.4 Å². The first-order valence-electron chi connectivity index (χ1n) is 5.87. The molecular formula is C13H15ClN2O2S. The number of benzene rings is 1. The number of halogens is 1. The summed E-state index contributed by atoms with van der Waals surface area (Å²) in [5, 5.41) is 6.58. The maximum absolute atomic E-state index is 6.19. The van der Waals surface area contributed by atoms with E-state index in [1.54, 1.807) is 24.6 Å². The summed E-state index contributed by atoms with van der Waals surface area (Å²) in [5.41, 5.74) is 1.02. The van der Waals surface area contributed by atoms with Gasteiger partial charge in [0.05, 0.1) is 18.7 Å². The van der Waals surface area contributed by atoms with Crippen LogP contribution in [0.5, 0.6) is 11.5 Å². The third-order valence-corrected chi connectivity index (χ3v) is 3.46. The van der Waals surface area contributed by atoms with Gasteiger partial charge in [-0.3, -0.25) is 0 Å². The number of methoxy groups -OCH3 is 1. The summed E-state index contributed by atoms with van der Waals surface area (Å²) in [6.45, 7) is 3.13. The van der Waals surface area contributed by atoms with Crippen LogP contribution in [-0.4, -0.2) is 18.7 Å². The molecule has 0 atom stereocenters. The summed E-state index contributed by atoms with van der Waals surface area (Å²) in [6.07, 6.45) is 1.76. The van der Waals surface area contributed by atoms with Crippen LogP contribution in [0.2, 0.25) is 5.02 Å². The first kappa shape index (κ1) is 14.0. The van der Waals surface area contributed by atoms with Crippen molar-refractivity contribution in [1.82, 2.24) is 4.98 Å². The highest BCUT2D eigenvalue weighted by atomic mass is 35.5. The Morgan fingerprint density at radius 1 is 1.42 bits per heavy atom. The van der Waals surface area contributed by atoms with Crippen molar-refractivity contribution in [3.05, 3.63) is 34.3 Å². The van der Waals surface area contributed by atoms with Crippen molar-refractivity contribution < 1.29 is 9.47 Å². The Kier molecular flexibility index (Phi) is 4.87. The van der Waals surface area contributed by atoms with Gasteiger partial charge in [0.25, 0.3) is 0 Å². The second-order valence-corrected chi connectivity index (χ2v) is 5.03. The monoisotopic (exact) mass is 298 g/mol. The Balaban J connectivity index is 2.16. The van der Waals surface area contributed by atoms with Crippen molar-refractivity contribution in [3.8, 4) is 11.5 Å². The number of anilines is 1. The highest BCUT2D eigenvalue weighted by molar-refractivity contribution is 7.13. The van der Waals surface area contributed by atoms with E-state index < -0.39 is 0 Å². The van der Waals surface area contributed by atoms with Crippen molar-refractivity contribution in [1.29, 1.82) is 0 Å². The summed E-state index contributed by atoms with van der Waals surface area (Å²) < 4.78 is 10.8. The molecule has 0 fully saturated rings. The van der Waals surface area contributed by atoms with Gasteiger partial charge >= 0.3 is 0 Å². The summed E-state index contributed by atoms with van der Waals surface area (Å²) in [7, 11) is 1.58. The average molecular weight is 299 g/mol. The van der Waals surface area contributed by atoms with Crippen molar-refractivity contribution in [2.45, 2.75) is 13.5 Å². The highest BCUT2D eigenvalue weighted by Gasteiger charge is 2.11. The van der Waals surface area contributed by atoms with Crippen molar-refractivity contribution >= 4 is 28.1 Å². The topological polar surface area (TPSA) is 43.4 Å². The van der Waals surface area contributed by atoms with Gasteiger partial charge in [0.1, 0.15) is 0 Å². The van der Waals surface area contributed by atoms with Crippen LogP contribution in [0.4, 0.5) is 5.13 Å². The predicted molar refractivity (Wildman–Crippen MR) is 78.6 cm³/mol. The molecule has 1 aromatic heterocycles. The van der Waals surface area contributed by atoms with Gasteiger partial charge in [-0.25, -0.2) is 4.98 Å². The zero-order valence-electron chi connectivity index (χ0n) is 10.8. The minimum Gasteiger partial charge on any atom is -0.491 e. The fourth-order valence-corrected chi connectivity index (χ4v) is 2.51. The van der Waals surface area contributed by atoms with Crippen molar-refractivity contribution in [2.24, 2.45) is 0 Å². The lowest BCUT2D eigenvalue weighted by Gasteiger charge is -2.13. The number of nitrogens with one attached hydrogen (secondary N) is 1. The lowest BCUT2D eigenvalue weighted by Crippen LogP contribution is -2.02. The van der Waals surface area contributed by atoms with E-state index >= 15 is 0 Å². The molecule has 2 aromatic rings. The molecule has 19 heavy (non-hydrogen) atoms. The van der Waals surface area contributed by atoms with Gasteiger partial charge in [0.15, 0.2) is 16.6 Å². The lowest BCUT2D eigenvalue weighted by molar-refractivity contribution is 0.310. The van der Waals surface area contributed by atoms with Gasteiger partial charge in [-0.1, -0.05) is 11.6 Å². The first-order chi connectivity index (χ1) is 9.24. The highest BCUT2D eigenvalue weighted by Crippen LogP contribution is 2.36. The molecule has 4 nitrogen and oxygen atoms in total. The van der Waals surface area contributed by atoms with Crippen LogP contribution in [0.15, 0.2) is 23.7 Å². The zero-order chi connectivity index (χ0) is 13.7. The van der Waals surface area contributed by atoms with E-state index in [-0.39, 0.29) is 0 Å². The largest absolute Gasteiger partial charge is 0.491 e. The lowest BCUT2D eigenvalue weighted by atomic mass is 10.2. The Labute approximate surface area is 121 Å². The fourth-order valence-electron chi connectivity index (χ4n) is 1.67. The van der Waals surface area contributed by atoms with Gasteiger partial charge in [-0.2, -0.15) is 0 Å². The minimum atomic E-state index is 0.546. The van der Waals surface area contributed by atoms with Gasteiger partial charge < -0.3 is 14.8 Å². The van der Waals surface area contributed by atoms with Crippen LogP contribution < -0.4 is 14.8 Å². The SMILES string of the molecule is CCOc1cc(CNc2nccs2)cc(Cl)c1OC. The number of thiazole rings is 1. The number of nitrogens with zero attached hydrogens (tertiary/aromatic N) is 1. The molecule has 0 aliphatic rings. The second-order valence-electron chi connectivity index (χ2n) is 3.73. The van der Waals surface area contributed by atoms with Crippen molar-refractivity contribution in [2.75, 3.05) is 19.0 Å². The molecule has 0 amide bonds. The van der Waals surface area contributed by atoms with Gasteiger partial charge in [0, 0.05) is 18.1 Å². The Hall–Kier alpha value is -1.46. The molecule has 0 aliphatic carbocycles. The summed E-state index contributed by atoms with van der Waals surface area (Å²) in [5.74, 6) is 1.23. The van der Waals surface area contributed by atoms with Gasteiger partial charge in [-0.05, 0) is 24.6 Å². The fraction of sp³-hybridized carbons (Fsp3) is 0.308. The molecule has 6 heteroatoms. The first-order valence-corrected chi connectivity index (χ1v) is 7.13. The maximum Gasteiger partial charge on any atom is 0.182 e. The van der Waals surface area contributed by atoms with Gasteiger partial charge in [0.2, 0.25) is 0 Å². The zero-order valence-corrected chi connectivity index (χ0v) is 12.3. The standard InChI is InChI=1S/C13H15ClN2O2S/c1-3-18-11-7-9(6-10(14)12(11)17-2)8-16-13-15-4-5-19-13/h4-7H,3,8H2,1-2H3,(H,15,16). The third-order valence-electron chi connectivity index (χ3n) is 2.45. The van der Waals surface area contributed by atoms with E-state index in [9.17, 15) is 0 Å². The maximum atomic E-state index is 6.19. The number of rotatable bonds is 6. The summed E-state index contributed by atoms with van der Waals surface area (Å²) in [6, 6.07) is 3.79. The summed E-state index contributed by atoms with van der Waals surface area (Å²) >= 11 is 7.74. The second kappa shape index (κ2) is 6.63. The Morgan fingerprint density at radius 3 is 2.89 bits per heavy atom. The molecule has 0 unspecified atom stereocenters. The molecule has 102 valence electrons. The van der Waals surface area contributed by atoms with Crippen LogP contribution in [0.3, 0.4) is 0 Å². The number of ether oxygens (including phenoxy) is 2. The molecule has 0 radical (unpaired) electrons. The quantitative estimate of drug-likeness (QED) is 0.880. The molecule has 1 N–H and O–H groups in total.